The molecule has 2 nitrogen and oxygen atoms in total. The van der Waals surface area contributed by atoms with Crippen LogP contribution in [-0.2, 0) is 11.7 Å². The number of hydrogen-bond acceptors (Lipinski definition) is 1. The fourth-order valence-corrected chi connectivity index (χ4v) is 1.58. The van der Waals surface area contributed by atoms with E-state index < -0.39 is 17.4 Å². The molecule has 92 valence electrons. The second-order valence-electron chi connectivity index (χ2n) is 5.18. The summed E-state index contributed by atoms with van der Waals surface area (Å²) in [5, 5.41) is 3.87. The Bertz CT molecular complexity index is 370. The van der Waals surface area contributed by atoms with Gasteiger partial charge in [0.1, 0.15) is 5.69 Å². The van der Waals surface area contributed by atoms with E-state index in [1.165, 1.54) is 6.20 Å². The minimum Gasteiger partial charge on any atom is -0.255 e. The minimum absolute atomic E-state index is 0.187. The number of halogens is 3. The third-order valence-electron chi connectivity index (χ3n) is 2.32. The van der Waals surface area contributed by atoms with Crippen LogP contribution < -0.4 is 0 Å². The fraction of sp³-hybridized carbons (Fsp3) is 0.727. The summed E-state index contributed by atoms with van der Waals surface area (Å²) in [6.07, 6.45) is -3.04. The lowest BCUT2D eigenvalue weighted by molar-refractivity contribution is -0.146. The van der Waals surface area contributed by atoms with E-state index in [-0.39, 0.29) is 11.5 Å². The second-order valence-corrected chi connectivity index (χ2v) is 5.18. The Labute approximate surface area is 93.5 Å². The largest absolute Gasteiger partial charge is 0.433 e. The second kappa shape index (κ2) is 3.79. The number of rotatable bonds is 1. The average Bonchev–Trinajstić information content (AvgIpc) is 2.43. The van der Waals surface area contributed by atoms with Gasteiger partial charge in [0.2, 0.25) is 0 Å². The molecule has 1 aromatic heterocycles. The van der Waals surface area contributed by atoms with Crippen molar-refractivity contribution in [3.05, 3.63) is 17.5 Å². The van der Waals surface area contributed by atoms with Crippen LogP contribution in [0.3, 0.4) is 0 Å². The highest BCUT2D eigenvalue weighted by atomic mass is 19.4. The molecule has 0 aliphatic heterocycles. The standard InChI is InChI=1S/C11H17F3N2/c1-7(2)8-6-15-16(10(3,4)5)9(8)11(12,13)14/h6-7H,1-5H3. The van der Waals surface area contributed by atoms with Crippen LogP contribution in [0, 0.1) is 0 Å². The number of nitrogens with zero attached hydrogens (tertiary/aromatic N) is 2. The molecule has 5 heteroatoms. The number of aromatic nitrogens is 2. The molecule has 0 aromatic carbocycles. The first-order valence-corrected chi connectivity index (χ1v) is 5.20. The molecule has 0 N–H and O–H groups in total. The summed E-state index contributed by atoms with van der Waals surface area (Å²) in [4.78, 5) is 0. The van der Waals surface area contributed by atoms with Crippen molar-refractivity contribution in [2.75, 3.05) is 0 Å². The highest BCUT2D eigenvalue weighted by Gasteiger charge is 2.40. The Morgan fingerprint density at radius 1 is 1.19 bits per heavy atom. The predicted molar refractivity (Wildman–Crippen MR) is 56.3 cm³/mol. The summed E-state index contributed by atoms with van der Waals surface area (Å²) in [7, 11) is 0. The molecule has 0 saturated carbocycles. The molecule has 0 saturated heterocycles. The van der Waals surface area contributed by atoms with Crippen LogP contribution >= 0.6 is 0 Å². The van der Waals surface area contributed by atoms with Gasteiger partial charge in [-0.25, -0.2) is 0 Å². The average molecular weight is 234 g/mol. The van der Waals surface area contributed by atoms with Crippen molar-refractivity contribution in [3.8, 4) is 0 Å². The molecule has 0 radical (unpaired) electrons. The summed E-state index contributed by atoms with van der Waals surface area (Å²) in [5.74, 6) is -0.187. The van der Waals surface area contributed by atoms with Crippen molar-refractivity contribution in [3.63, 3.8) is 0 Å². The van der Waals surface area contributed by atoms with Crippen molar-refractivity contribution in [2.45, 2.75) is 52.3 Å². The zero-order chi connectivity index (χ0) is 12.7. The van der Waals surface area contributed by atoms with E-state index in [2.05, 4.69) is 5.10 Å². The van der Waals surface area contributed by atoms with E-state index in [4.69, 9.17) is 0 Å². The molecule has 0 aliphatic carbocycles. The summed E-state index contributed by atoms with van der Waals surface area (Å²) in [6.45, 7) is 8.59. The predicted octanol–water partition coefficient (Wildman–Crippen LogP) is 3.78. The van der Waals surface area contributed by atoms with Crippen molar-refractivity contribution >= 4 is 0 Å². The highest BCUT2D eigenvalue weighted by Crippen LogP contribution is 2.37. The quantitative estimate of drug-likeness (QED) is 0.723. The molecular formula is C11H17F3N2. The van der Waals surface area contributed by atoms with Crippen LogP contribution in [-0.4, -0.2) is 9.78 Å². The minimum atomic E-state index is -4.36. The molecule has 0 aliphatic rings. The first-order valence-electron chi connectivity index (χ1n) is 5.20. The van der Waals surface area contributed by atoms with E-state index in [0.29, 0.717) is 0 Å². The number of hydrogen-bond donors (Lipinski definition) is 0. The van der Waals surface area contributed by atoms with Crippen LogP contribution in [0.4, 0.5) is 13.2 Å². The summed E-state index contributed by atoms with van der Waals surface area (Å²) in [5.41, 5.74) is -1.05. The number of alkyl halides is 3. The van der Waals surface area contributed by atoms with E-state index in [1.807, 2.05) is 0 Å². The molecule has 0 atom stereocenters. The van der Waals surface area contributed by atoms with Crippen molar-refractivity contribution < 1.29 is 13.2 Å². The van der Waals surface area contributed by atoms with Crippen LogP contribution in [0.25, 0.3) is 0 Å². The zero-order valence-corrected chi connectivity index (χ0v) is 10.2. The molecule has 1 aromatic rings. The van der Waals surface area contributed by atoms with Gasteiger partial charge in [0.05, 0.1) is 11.7 Å². The molecule has 0 fully saturated rings. The summed E-state index contributed by atoms with van der Waals surface area (Å²) >= 11 is 0. The molecule has 16 heavy (non-hydrogen) atoms. The lowest BCUT2D eigenvalue weighted by Crippen LogP contribution is -2.29. The Morgan fingerprint density at radius 3 is 2.00 bits per heavy atom. The SMILES string of the molecule is CC(C)c1cnn(C(C)(C)C)c1C(F)(F)F. The fourth-order valence-electron chi connectivity index (χ4n) is 1.58. The van der Waals surface area contributed by atoms with Crippen LogP contribution in [0.2, 0.25) is 0 Å². The molecule has 1 heterocycles. The molecule has 0 spiro atoms. The van der Waals surface area contributed by atoms with Crippen molar-refractivity contribution in [1.82, 2.24) is 9.78 Å². The van der Waals surface area contributed by atoms with Crippen LogP contribution in [0.5, 0.6) is 0 Å². The third kappa shape index (κ3) is 2.39. The van der Waals surface area contributed by atoms with Gasteiger partial charge in [-0.05, 0) is 26.7 Å². The van der Waals surface area contributed by atoms with E-state index in [1.54, 1.807) is 34.6 Å². The summed E-state index contributed by atoms with van der Waals surface area (Å²) < 4.78 is 40.0. The lowest BCUT2D eigenvalue weighted by Gasteiger charge is -2.24. The molecular weight excluding hydrogens is 217 g/mol. The van der Waals surface area contributed by atoms with Gasteiger partial charge in [-0.1, -0.05) is 13.8 Å². The molecule has 0 amide bonds. The Hall–Kier alpha value is -1.00. The first-order chi connectivity index (χ1) is 7.05. The maximum Gasteiger partial charge on any atom is 0.433 e. The van der Waals surface area contributed by atoms with Crippen LogP contribution in [0.1, 0.15) is 51.8 Å². The summed E-state index contributed by atoms with van der Waals surface area (Å²) in [6, 6.07) is 0. The van der Waals surface area contributed by atoms with Gasteiger partial charge in [0.15, 0.2) is 0 Å². The van der Waals surface area contributed by atoms with Gasteiger partial charge >= 0.3 is 6.18 Å². The van der Waals surface area contributed by atoms with E-state index in [0.717, 1.165) is 4.68 Å². The molecule has 1 rings (SSSR count). The zero-order valence-electron chi connectivity index (χ0n) is 10.2. The Kier molecular flexibility index (Phi) is 3.09. The van der Waals surface area contributed by atoms with Gasteiger partial charge < -0.3 is 0 Å². The molecule has 0 unspecified atom stereocenters. The maximum absolute atomic E-state index is 13.0. The first kappa shape index (κ1) is 13.1. The van der Waals surface area contributed by atoms with E-state index >= 15 is 0 Å². The van der Waals surface area contributed by atoms with Crippen molar-refractivity contribution in [2.24, 2.45) is 0 Å². The van der Waals surface area contributed by atoms with Gasteiger partial charge in [-0.3, -0.25) is 4.68 Å². The van der Waals surface area contributed by atoms with Gasteiger partial charge in [-0.2, -0.15) is 18.3 Å². The van der Waals surface area contributed by atoms with Crippen molar-refractivity contribution in [1.29, 1.82) is 0 Å². The normalized spacial score (nSPS) is 13.6. The Balaban J connectivity index is 3.44. The Morgan fingerprint density at radius 2 is 1.69 bits per heavy atom. The molecule has 0 bridgehead atoms. The van der Waals surface area contributed by atoms with Gasteiger partial charge in [-0.15, -0.1) is 0 Å². The third-order valence-corrected chi connectivity index (χ3v) is 2.32. The van der Waals surface area contributed by atoms with Gasteiger partial charge in [0, 0.05) is 5.56 Å². The maximum atomic E-state index is 13.0. The smallest absolute Gasteiger partial charge is 0.255 e. The van der Waals surface area contributed by atoms with E-state index in [9.17, 15) is 13.2 Å². The highest BCUT2D eigenvalue weighted by molar-refractivity contribution is 5.25. The van der Waals surface area contributed by atoms with Crippen LogP contribution in [0.15, 0.2) is 6.20 Å². The van der Waals surface area contributed by atoms with Gasteiger partial charge in [0.25, 0.3) is 0 Å². The topological polar surface area (TPSA) is 17.8 Å². The monoisotopic (exact) mass is 234 g/mol. The lowest BCUT2D eigenvalue weighted by atomic mass is 10.0.